The van der Waals surface area contributed by atoms with E-state index in [1.165, 1.54) is 0 Å². The van der Waals surface area contributed by atoms with E-state index in [0.29, 0.717) is 19.6 Å². The van der Waals surface area contributed by atoms with Crippen LogP contribution < -0.4 is 5.73 Å². The molecule has 3 rings (SSSR count). The Morgan fingerprint density at radius 2 is 1.40 bits per heavy atom. The van der Waals surface area contributed by atoms with Crippen molar-refractivity contribution in [2.45, 2.75) is 19.6 Å². The minimum absolute atomic E-state index is 0.459. The number of aryl methyl sites for hydroxylation is 1. The van der Waals surface area contributed by atoms with E-state index in [2.05, 4.69) is 15.3 Å². The van der Waals surface area contributed by atoms with E-state index < -0.39 is 0 Å². The fourth-order valence-electron chi connectivity index (χ4n) is 2.06. The van der Waals surface area contributed by atoms with Crippen molar-refractivity contribution in [3.8, 4) is 0 Å². The van der Waals surface area contributed by atoms with E-state index in [4.69, 9.17) is 5.73 Å². The Labute approximate surface area is 116 Å². The van der Waals surface area contributed by atoms with Crippen molar-refractivity contribution >= 4 is 0 Å². The third kappa shape index (κ3) is 2.77. The van der Waals surface area contributed by atoms with Gasteiger partial charge >= 0.3 is 0 Å². The summed E-state index contributed by atoms with van der Waals surface area (Å²) in [7, 11) is 1.91. The highest BCUT2D eigenvalue weighted by Crippen LogP contribution is 2.03. The molecule has 3 aromatic heterocycles. The summed E-state index contributed by atoms with van der Waals surface area (Å²) in [5, 5.41) is 13.2. The molecule has 0 unspecified atom stereocenters. The average molecular weight is 271 g/mol. The van der Waals surface area contributed by atoms with Crippen LogP contribution in [0.4, 0.5) is 0 Å². The largest absolute Gasteiger partial charge is 0.325 e. The summed E-state index contributed by atoms with van der Waals surface area (Å²) in [5.41, 5.74) is 8.39. The Morgan fingerprint density at radius 3 is 1.95 bits per heavy atom. The van der Waals surface area contributed by atoms with Crippen LogP contribution in [0, 0.1) is 0 Å². The summed E-state index contributed by atoms with van der Waals surface area (Å²) in [4.78, 5) is 0. The van der Waals surface area contributed by atoms with Crippen molar-refractivity contribution in [2.24, 2.45) is 12.8 Å². The highest BCUT2D eigenvalue weighted by atomic mass is 15.3. The van der Waals surface area contributed by atoms with E-state index in [-0.39, 0.29) is 0 Å². The molecule has 3 aromatic rings. The molecule has 0 spiro atoms. The van der Waals surface area contributed by atoms with Gasteiger partial charge in [0.2, 0.25) is 0 Å². The van der Waals surface area contributed by atoms with Gasteiger partial charge in [-0.2, -0.15) is 15.3 Å². The molecule has 3 heterocycles. The summed E-state index contributed by atoms with van der Waals surface area (Å²) in [6.45, 7) is 1.78. The van der Waals surface area contributed by atoms with Crippen LogP contribution in [0.2, 0.25) is 0 Å². The van der Waals surface area contributed by atoms with Gasteiger partial charge in [0.05, 0.1) is 30.2 Å². The van der Waals surface area contributed by atoms with E-state index in [0.717, 1.165) is 17.1 Å². The monoisotopic (exact) mass is 271 g/mol. The second-order valence-corrected chi connectivity index (χ2v) is 4.69. The van der Waals surface area contributed by atoms with Gasteiger partial charge in [-0.3, -0.25) is 14.0 Å². The Bertz CT molecular complexity index is 691. The van der Waals surface area contributed by atoms with E-state index >= 15 is 0 Å². The van der Waals surface area contributed by atoms with Gasteiger partial charge in [0.1, 0.15) is 0 Å². The molecule has 0 aliphatic rings. The molecule has 0 fully saturated rings. The zero-order chi connectivity index (χ0) is 13.9. The van der Waals surface area contributed by atoms with Gasteiger partial charge in [-0.05, 0) is 18.2 Å². The lowest BCUT2D eigenvalue weighted by Crippen LogP contribution is -2.06. The zero-order valence-electron chi connectivity index (χ0n) is 11.3. The molecule has 20 heavy (non-hydrogen) atoms. The van der Waals surface area contributed by atoms with Crippen LogP contribution >= 0.6 is 0 Å². The summed E-state index contributed by atoms with van der Waals surface area (Å²) in [6, 6.07) is 5.90. The van der Waals surface area contributed by atoms with Crippen LogP contribution in [0.15, 0.2) is 36.8 Å². The van der Waals surface area contributed by atoms with Gasteiger partial charge in [0.15, 0.2) is 0 Å². The minimum atomic E-state index is 0.459. The number of hydrogen-bond donors (Lipinski definition) is 1. The quantitative estimate of drug-likeness (QED) is 0.727. The molecule has 0 atom stereocenters. The molecule has 0 aromatic carbocycles. The average Bonchev–Trinajstić information content (AvgIpc) is 3.13. The van der Waals surface area contributed by atoms with Crippen molar-refractivity contribution in [2.75, 3.05) is 0 Å². The van der Waals surface area contributed by atoms with E-state index in [9.17, 15) is 0 Å². The second kappa shape index (κ2) is 5.30. The molecular formula is C13H17N7. The zero-order valence-corrected chi connectivity index (χ0v) is 11.3. The lowest BCUT2D eigenvalue weighted by molar-refractivity contribution is 0.612. The topological polar surface area (TPSA) is 79.5 Å². The molecule has 0 radical (unpaired) electrons. The first-order chi connectivity index (χ1) is 9.72. The van der Waals surface area contributed by atoms with Gasteiger partial charge < -0.3 is 5.73 Å². The molecule has 0 saturated carbocycles. The molecule has 7 heteroatoms. The fourth-order valence-corrected chi connectivity index (χ4v) is 2.06. The van der Waals surface area contributed by atoms with Crippen molar-refractivity contribution in [3.63, 3.8) is 0 Å². The Morgan fingerprint density at radius 1 is 0.850 bits per heavy atom. The maximum atomic E-state index is 5.54. The first kappa shape index (κ1) is 12.6. The molecule has 7 nitrogen and oxygen atoms in total. The van der Waals surface area contributed by atoms with Crippen LogP contribution in [0.25, 0.3) is 0 Å². The molecule has 0 amide bonds. The highest BCUT2D eigenvalue weighted by molar-refractivity contribution is 5.05. The predicted molar refractivity (Wildman–Crippen MR) is 73.8 cm³/mol. The van der Waals surface area contributed by atoms with Gasteiger partial charge in [0.25, 0.3) is 0 Å². The van der Waals surface area contributed by atoms with Gasteiger partial charge in [-0.1, -0.05) is 0 Å². The van der Waals surface area contributed by atoms with E-state index in [1.807, 2.05) is 53.2 Å². The van der Waals surface area contributed by atoms with Gasteiger partial charge in [-0.25, -0.2) is 0 Å². The first-order valence-corrected chi connectivity index (χ1v) is 6.46. The van der Waals surface area contributed by atoms with Crippen LogP contribution in [-0.2, 0) is 26.7 Å². The maximum Gasteiger partial charge on any atom is 0.0849 e. The Kier molecular flexibility index (Phi) is 3.34. The number of nitrogens with zero attached hydrogens (tertiary/aromatic N) is 6. The third-order valence-electron chi connectivity index (χ3n) is 3.02. The number of hydrogen-bond acceptors (Lipinski definition) is 4. The first-order valence-electron chi connectivity index (χ1n) is 6.46. The molecule has 0 aliphatic heterocycles. The van der Waals surface area contributed by atoms with Crippen LogP contribution in [0.1, 0.15) is 17.1 Å². The fraction of sp³-hybridized carbons (Fsp3) is 0.308. The lowest BCUT2D eigenvalue weighted by atomic mass is 10.4. The standard InChI is InChI=1S/C13H17N7/c1-18-5-2-12(15-18)9-20-7-4-13(17-20)10-19-6-3-11(8-14)16-19/h2-7H,8-10,14H2,1H3. The molecule has 0 saturated heterocycles. The number of nitrogens with two attached hydrogens (primary N) is 1. The third-order valence-corrected chi connectivity index (χ3v) is 3.02. The maximum absolute atomic E-state index is 5.54. The Hall–Kier alpha value is -2.41. The summed E-state index contributed by atoms with van der Waals surface area (Å²) in [5.74, 6) is 0. The summed E-state index contributed by atoms with van der Waals surface area (Å²) >= 11 is 0. The Balaban J connectivity index is 1.67. The minimum Gasteiger partial charge on any atom is -0.325 e. The SMILES string of the molecule is Cn1ccc(Cn2ccc(Cn3ccc(CN)n3)n2)n1. The molecule has 0 bridgehead atoms. The van der Waals surface area contributed by atoms with Gasteiger partial charge in [0, 0.05) is 32.2 Å². The second-order valence-electron chi connectivity index (χ2n) is 4.69. The number of aromatic nitrogens is 6. The smallest absolute Gasteiger partial charge is 0.0849 e. The van der Waals surface area contributed by atoms with E-state index in [1.54, 1.807) is 4.68 Å². The lowest BCUT2D eigenvalue weighted by Gasteiger charge is -1.99. The molecule has 104 valence electrons. The van der Waals surface area contributed by atoms with Crippen LogP contribution in [-0.4, -0.2) is 29.3 Å². The molecule has 0 aliphatic carbocycles. The van der Waals surface area contributed by atoms with Crippen LogP contribution in [0.3, 0.4) is 0 Å². The molecule has 2 N–H and O–H groups in total. The van der Waals surface area contributed by atoms with Crippen molar-refractivity contribution in [1.82, 2.24) is 29.3 Å². The summed E-state index contributed by atoms with van der Waals surface area (Å²) in [6.07, 6.45) is 5.80. The molecular weight excluding hydrogens is 254 g/mol. The highest BCUT2D eigenvalue weighted by Gasteiger charge is 2.04. The van der Waals surface area contributed by atoms with Gasteiger partial charge in [-0.15, -0.1) is 0 Å². The summed E-state index contributed by atoms with van der Waals surface area (Å²) < 4.78 is 5.51. The van der Waals surface area contributed by atoms with Crippen molar-refractivity contribution in [1.29, 1.82) is 0 Å². The van der Waals surface area contributed by atoms with Crippen LogP contribution in [0.5, 0.6) is 0 Å². The van der Waals surface area contributed by atoms with Crippen molar-refractivity contribution < 1.29 is 0 Å². The normalized spacial score (nSPS) is 11.1. The van der Waals surface area contributed by atoms with Crippen molar-refractivity contribution in [3.05, 3.63) is 53.9 Å². The number of rotatable bonds is 5. The predicted octanol–water partition coefficient (Wildman–Crippen LogP) is 0.368.